The summed E-state index contributed by atoms with van der Waals surface area (Å²) in [6, 6.07) is 5.88. The molecule has 3 N–H and O–H groups in total. The number of ether oxygens (including phenoxy) is 1. The molecule has 1 aromatic rings. The van der Waals surface area contributed by atoms with Crippen LogP contribution in [0.4, 0.5) is 0 Å². The van der Waals surface area contributed by atoms with Crippen molar-refractivity contribution in [3.05, 3.63) is 41.5 Å². The fraction of sp³-hybridized carbons (Fsp3) is 0.621. The average Bonchev–Trinajstić information content (AvgIpc) is 3.44. The van der Waals surface area contributed by atoms with Gasteiger partial charge in [0.1, 0.15) is 6.04 Å². The van der Waals surface area contributed by atoms with Gasteiger partial charge in [0.15, 0.2) is 6.29 Å². The van der Waals surface area contributed by atoms with E-state index in [0.29, 0.717) is 29.6 Å². The van der Waals surface area contributed by atoms with Crippen LogP contribution in [0.1, 0.15) is 94.5 Å². The minimum absolute atomic E-state index is 0.336. The third-order valence-electron chi connectivity index (χ3n) is 7.62. The number of hydrogen-bond donors (Lipinski definition) is 3. The number of carboxylic acids is 1. The highest BCUT2D eigenvalue weighted by molar-refractivity contribution is 5.97. The zero-order valence-corrected chi connectivity index (χ0v) is 22.3. The van der Waals surface area contributed by atoms with Crippen LogP contribution in [0.15, 0.2) is 30.3 Å². The van der Waals surface area contributed by atoms with Gasteiger partial charge in [-0.1, -0.05) is 58.1 Å². The predicted molar refractivity (Wildman–Crippen MR) is 141 cm³/mol. The highest BCUT2D eigenvalue weighted by Crippen LogP contribution is 2.51. The summed E-state index contributed by atoms with van der Waals surface area (Å²) in [6.07, 6.45) is 11.4. The molecule has 0 saturated heterocycles. The number of carbonyl (C=O) groups excluding carboxylic acids is 2. The molecule has 1 unspecified atom stereocenters. The number of amides is 2. The van der Waals surface area contributed by atoms with Crippen molar-refractivity contribution in [2.24, 2.45) is 17.3 Å². The number of benzene rings is 1. The Morgan fingerprint density at radius 1 is 1.08 bits per heavy atom. The van der Waals surface area contributed by atoms with Crippen molar-refractivity contribution in [1.29, 1.82) is 0 Å². The molecule has 0 aliphatic heterocycles. The molecule has 0 spiro atoms. The second-order valence-corrected chi connectivity index (χ2v) is 10.9. The van der Waals surface area contributed by atoms with Crippen LogP contribution in [0.3, 0.4) is 0 Å². The van der Waals surface area contributed by atoms with E-state index in [4.69, 9.17) is 9.57 Å². The van der Waals surface area contributed by atoms with E-state index in [0.717, 1.165) is 57.8 Å². The maximum atomic E-state index is 13.2. The molecular formula is C29H42N2O6. The Kier molecular flexibility index (Phi) is 10.7. The van der Waals surface area contributed by atoms with Crippen LogP contribution in [0.25, 0.3) is 6.08 Å². The van der Waals surface area contributed by atoms with Gasteiger partial charge in [0.05, 0.1) is 6.61 Å². The molecule has 2 fully saturated rings. The Bertz CT molecular complexity index is 947. The van der Waals surface area contributed by atoms with Gasteiger partial charge in [-0.3, -0.25) is 9.59 Å². The number of carboxylic acid groups (broad SMARTS) is 1. The summed E-state index contributed by atoms with van der Waals surface area (Å²) in [6.45, 7) is 6.26. The number of nitrogens with one attached hydrogen (secondary N) is 2. The second kappa shape index (κ2) is 13.7. The standard InChI is InChI=1S/C29H42N2O6/c1-20(2)19-36-21(3)37-31-25(32)15-14-22-10-9-11-23(18-22)27(33)30-26(28(34)35)29(16-7-4-8-17-29)24-12-5-6-13-24/h9-11,14-15,18,20-21,24,26H,4-8,12-13,16-17,19H2,1-3H3,(H,30,33)(H,31,32)(H,34,35)/t21?,26-/m1/s1. The smallest absolute Gasteiger partial charge is 0.326 e. The zero-order valence-electron chi connectivity index (χ0n) is 22.3. The maximum Gasteiger partial charge on any atom is 0.326 e. The first kappa shape index (κ1) is 28.9. The highest BCUT2D eigenvalue weighted by Gasteiger charge is 2.50. The third-order valence-corrected chi connectivity index (χ3v) is 7.62. The molecule has 2 saturated carbocycles. The summed E-state index contributed by atoms with van der Waals surface area (Å²) < 4.78 is 5.44. The van der Waals surface area contributed by atoms with E-state index in [1.807, 2.05) is 13.8 Å². The molecule has 2 atom stereocenters. The SMILES string of the molecule is CC(C)COC(C)ONC(=O)C=Cc1cccc(C(=O)N[C@H](C(=O)O)C2(C3CCCC3)CCCCC2)c1. The van der Waals surface area contributed by atoms with Crippen molar-refractivity contribution in [3.63, 3.8) is 0 Å². The van der Waals surface area contributed by atoms with Crippen molar-refractivity contribution in [3.8, 4) is 0 Å². The number of hydrogen-bond acceptors (Lipinski definition) is 5. The first-order valence-electron chi connectivity index (χ1n) is 13.6. The molecular weight excluding hydrogens is 472 g/mol. The number of aliphatic carboxylic acids is 1. The summed E-state index contributed by atoms with van der Waals surface area (Å²) in [4.78, 5) is 43.0. The van der Waals surface area contributed by atoms with Crippen molar-refractivity contribution < 1.29 is 29.1 Å². The summed E-state index contributed by atoms with van der Waals surface area (Å²) >= 11 is 0. The van der Waals surface area contributed by atoms with Crippen LogP contribution in [0.2, 0.25) is 0 Å². The Morgan fingerprint density at radius 3 is 2.43 bits per heavy atom. The predicted octanol–water partition coefficient (Wildman–Crippen LogP) is 5.09. The van der Waals surface area contributed by atoms with Gasteiger partial charge in [-0.25, -0.2) is 15.1 Å². The monoisotopic (exact) mass is 514 g/mol. The van der Waals surface area contributed by atoms with Crippen LogP contribution in [0, 0.1) is 17.3 Å². The van der Waals surface area contributed by atoms with Gasteiger partial charge in [0.25, 0.3) is 11.8 Å². The van der Waals surface area contributed by atoms with Gasteiger partial charge in [-0.2, -0.15) is 0 Å². The molecule has 3 rings (SSSR count). The molecule has 0 aromatic heterocycles. The summed E-state index contributed by atoms with van der Waals surface area (Å²) in [5, 5.41) is 13.1. The molecule has 204 valence electrons. The normalized spacial score (nSPS) is 19.6. The lowest BCUT2D eigenvalue weighted by Crippen LogP contribution is -2.56. The summed E-state index contributed by atoms with van der Waals surface area (Å²) in [5.41, 5.74) is 2.94. The van der Waals surface area contributed by atoms with E-state index in [1.54, 1.807) is 37.3 Å². The lowest BCUT2D eigenvalue weighted by atomic mass is 9.61. The Labute approximate surface area is 220 Å². The van der Waals surface area contributed by atoms with Crippen molar-refractivity contribution >= 4 is 23.9 Å². The number of rotatable bonds is 12. The average molecular weight is 515 g/mol. The first-order valence-corrected chi connectivity index (χ1v) is 13.6. The molecule has 1 aromatic carbocycles. The van der Waals surface area contributed by atoms with E-state index in [2.05, 4.69) is 10.8 Å². The van der Waals surface area contributed by atoms with Crippen LogP contribution in [0.5, 0.6) is 0 Å². The summed E-state index contributed by atoms with van der Waals surface area (Å²) in [5.74, 6) is -1.14. The Hall–Kier alpha value is -2.71. The zero-order chi connectivity index (χ0) is 26.8. The summed E-state index contributed by atoms with van der Waals surface area (Å²) in [7, 11) is 0. The van der Waals surface area contributed by atoms with Crippen LogP contribution < -0.4 is 10.8 Å². The maximum absolute atomic E-state index is 13.2. The first-order chi connectivity index (χ1) is 17.7. The molecule has 8 nitrogen and oxygen atoms in total. The van der Waals surface area contributed by atoms with E-state index in [-0.39, 0.29) is 5.41 Å². The van der Waals surface area contributed by atoms with Gasteiger partial charge < -0.3 is 15.2 Å². The lowest BCUT2D eigenvalue weighted by Gasteiger charge is -2.46. The minimum Gasteiger partial charge on any atom is -0.480 e. The Balaban J connectivity index is 1.64. The van der Waals surface area contributed by atoms with Gasteiger partial charge in [-0.15, -0.1) is 0 Å². The van der Waals surface area contributed by atoms with Gasteiger partial charge >= 0.3 is 5.97 Å². The van der Waals surface area contributed by atoms with Crippen LogP contribution in [-0.2, 0) is 19.2 Å². The third kappa shape index (κ3) is 8.14. The molecule has 2 aliphatic rings. The largest absolute Gasteiger partial charge is 0.480 e. The van der Waals surface area contributed by atoms with E-state index in [1.165, 1.54) is 6.08 Å². The van der Waals surface area contributed by atoms with Gasteiger partial charge in [0, 0.05) is 17.1 Å². The molecule has 0 radical (unpaired) electrons. The Morgan fingerprint density at radius 2 is 1.78 bits per heavy atom. The topological polar surface area (TPSA) is 114 Å². The molecule has 8 heteroatoms. The van der Waals surface area contributed by atoms with Crippen LogP contribution in [-0.4, -0.2) is 41.8 Å². The van der Waals surface area contributed by atoms with Gasteiger partial charge in [0.2, 0.25) is 0 Å². The molecule has 2 aliphatic carbocycles. The second-order valence-electron chi connectivity index (χ2n) is 10.9. The fourth-order valence-corrected chi connectivity index (χ4v) is 5.80. The van der Waals surface area contributed by atoms with E-state index >= 15 is 0 Å². The van der Waals surface area contributed by atoms with Crippen molar-refractivity contribution in [1.82, 2.24) is 10.8 Å². The number of carbonyl (C=O) groups is 3. The van der Waals surface area contributed by atoms with Gasteiger partial charge in [-0.05, 0) is 68.2 Å². The molecule has 0 heterocycles. The van der Waals surface area contributed by atoms with Crippen molar-refractivity contribution in [2.75, 3.05) is 6.61 Å². The minimum atomic E-state index is -0.957. The molecule has 37 heavy (non-hydrogen) atoms. The lowest BCUT2D eigenvalue weighted by molar-refractivity contribution is -0.180. The number of hydroxylamine groups is 1. The van der Waals surface area contributed by atoms with Crippen LogP contribution >= 0.6 is 0 Å². The van der Waals surface area contributed by atoms with E-state index in [9.17, 15) is 19.5 Å². The highest BCUT2D eigenvalue weighted by atomic mass is 16.8. The quantitative estimate of drug-likeness (QED) is 0.203. The van der Waals surface area contributed by atoms with E-state index < -0.39 is 30.1 Å². The molecule has 0 bridgehead atoms. The molecule has 2 amide bonds. The van der Waals surface area contributed by atoms with Crippen molar-refractivity contribution in [2.45, 2.75) is 90.9 Å². The fourth-order valence-electron chi connectivity index (χ4n) is 5.80.